The largest absolute Gasteiger partial charge is 0.479 e. The Bertz CT molecular complexity index is 910. The van der Waals surface area contributed by atoms with Gasteiger partial charge in [-0.05, 0) is 37.1 Å². The van der Waals surface area contributed by atoms with Crippen molar-refractivity contribution in [3.05, 3.63) is 60.0 Å². The van der Waals surface area contributed by atoms with E-state index in [0.29, 0.717) is 25.3 Å². The van der Waals surface area contributed by atoms with Crippen molar-refractivity contribution in [2.45, 2.75) is 32.0 Å². The van der Waals surface area contributed by atoms with E-state index >= 15 is 0 Å². The van der Waals surface area contributed by atoms with E-state index in [-0.39, 0.29) is 0 Å². The number of nitrogens with one attached hydrogen (secondary N) is 2. The van der Waals surface area contributed by atoms with Gasteiger partial charge in [-0.2, -0.15) is 0 Å². The first-order chi connectivity index (χ1) is 13.6. The standard InChI is InChI=1S/C21H25N3O4/c1-2-18(21(26)27)28-19-7-3-6-16-14(12-24-20(16)19)8-10-23-13-17(25)15-5-4-9-22-11-15/h3-7,9,11-12,17-18,23-25H,2,8,10,13H2,1H3,(H,26,27)/t17-,18+/m1/s1. The molecule has 3 rings (SSSR count). The number of carbonyl (C=O) groups is 1. The van der Waals surface area contributed by atoms with Crippen LogP contribution in [0.3, 0.4) is 0 Å². The second-order valence-electron chi connectivity index (χ2n) is 6.60. The molecule has 0 aliphatic rings. The number of H-pyrrole nitrogens is 1. The molecule has 0 amide bonds. The maximum Gasteiger partial charge on any atom is 0.344 e. The Labute approximate surface area is 163 Å². The molecule has 0 fully saturated rings. The minimum Gasteiger partial charge on any atom is -0.479 e. The topological polar surface area (TPSA) is 107 Å². The maximum absolute atomic E-state index is 11.2. The molecule has 4 N–H and O–H groups in total. The van der Waals surface area contributed by atoms with Crippen LogP contribution in [0.5, 0.6) is 5.75 Å². The number of hydrogen-bond donors (Lipinski definition) is 4. The number of carboxylic acids is 1. The first-order valence-electron chi connectivity index (χ1n) is 9.37. The summed E-state index contributed by atoms with van der Waals surface area (Å²) in [6.07, 6.45) is 4.94. The number of fused-ring (bicyclic) bond motifs is 1. The van der Waals surface area contributed by atoms with Gasteiger partial charge in [-0.1, -0.05) is 25.1 Å². The molecule has 3 aromatic rings. The summed E-state index contributed by atoms with van der Waals surface area (Å²) in [6, 6.07) is 9.28. The lowest BCUT2D eigenvalue weighted by Gasteiger charge is -2.14. The van der Waals surface area contributed by atoms with Crippen LogP contribution in [0, 0.1) is 0 Å². The van der Waals surface area contributed by atoms with Crippen molar-refractivity contribution in [1.82, 2.24) is 15.3 Å². The van der Waals surface area contributed by atoms with Gasteiger partial charge >= 0.3 is 5.97 Å². The third-order valence-electron chi connectivity index (χ3n) is 4.66. The number of para-hydroxylation sites is 1. The summed E-state index contributed by atoms with van der Waals surface area (Å²) in [4.78, 5) is 18.5. The van der Waals surface area contributed by atoms with Crippen LogP contribution in [-0.2, 0) is 11.2 Å². The van der Waals surface area contributed by atoms with E-state index in [1.54, 1.807) is 31.5 Å². The number of carboxylic acid groups (broad SMARTS) is 1. The van der Waals surface area contributed by atoms with Gasteiger partial charge in [-0.3, -0.25) is 4.98 Å². The van der Waals surface area contributed by atoms with Gasteiger partial charge < -0.3 is 25.3 Å². The Morgan fingerprint density at radius 3 is 2.89 bits per heavy atom. The van der Waals surface area contributed by atoms with Gasteiger partial charge in [0, 0.05) is 36.1 Å². The van der Waals surface area contributed by atoms with Crippen molar-refractivity contribution in [2.24, 2.45) is 0 Å². The molecule has 2 heterocycles. The van der Waals surface area contributed by atoms with E-state index in [0.717, 1.165) is 28.5 Å². The summed E-state index contributed by atoms with van der Waals surface area (Å²) in [5.74, 6) is -0.430. The van der Waals surface area contributed by atoms with Crippen LogP contribution in [0.15, 0.2) is 48.9 Å². The molecule has 0 aliphatic heterocycles. The van der Waals surface area contributed by atoms with E-state index in [4.69, 9.17) is 4.74 Å². The van der Waals surface area contributed by atoms with Crippen molar-refractivity contribution in [2.75, 3.05) is 13.1 Å². The Morgan fingerprint density at radius 2 is 2.18 bits per heavy atom. The minimum atomic E-state index is -0.970. The quantitative estimate of drug-likeness (QED) is 0.401. The van der Waals surface area contributed by atoms with Crippen molar-refractivity contribution in [3.63, 3.8) is 0 Å². The van der Waals surface area contributed by atoms with Gasteiger partial charge in [0.2, 0.25) is 0 Å². The number of nitrogens with zero attached hydrogens (tertiary/aromatic N) is 1. The Morgan fingerprint density at radius 1 is 1.32 bits per heavy atom. The highest BCUT2D eigenvalue weighted by Crippen LogP contribution is 2.28. The van der Waals surface area contributed by atoms with Crippen molar-refractivity contribution < 1.29 is 19.7 Å². The Kier molecular flexibility index (Phi) is 6.62. The first-order valence-corrected chi connectivity index (χ1v) is 9.37. The van der Waals surface area contributed by atoms with Crippen LogP contribution in [0.25, 0.3) is 10.9 Å². The van der Waals surface area contributed by atoms with Gasteiger partial charge in [0.15, 0.2) is 6.10 Å². The van der Waals surface area contributed by atoms with Crippen LogP contribution in [0.4, 0.5) is 0 Å². The number of aliphatic hydroxyl groups excluding tert-OH is 1. The number of benzene rings is 1. The molecule has 0 saturated carbocycles. The molecule has 2 aromatic heterocycles. The third kappa shape index (κ3) is 4.68. The number of rotatable bonds is 10. The van der Waals surface area contributed by atoms with Gasteiger partial charge in [0.05, 0.1) is 11.6 Å². The fourth-order valence-corrected chi connectivity index (χ4v) is 3.10. The fraction of sp³-hybridized carbons (Fsp3) is 0.333. The number of aromatic nitrogens is 2. The zero-order chi connectivity index (χ0) is 19.9. The zero-order valence-corrected chi connectivity index (χ0v) is 15.8. The lowest BCUT2D eigenvalue weighted by atomic mass is 10.1. The molecule has 1 aromatic carbocycles. The molecule has 7 heteroatoms. The highest BCUT2D eigenvalue weighted by Gasteiger charge is 2.19. The highest BCUT2D eigenvalue weighted by molar-refractivity contribution is 5.88. The smallest absolute Gasteiger partial charge is 0.344 e. The molecular formula is C21H25N3O4. The maximum atomic E-state index is 11.2. The SMILES string of the molecule is CC[C@H](Oc1cccc2c(CCNC[C@@H](O)c3cccnc3)c[nH]c12)C(=O)O. The second kappa shape index (κ2) is 9.34. The van der Waals surface area contributed by atoms with Crippen LogP contribution in [0.1, 0.15) is 30.6 Å². The normalized spacial score (nSPS) is 13.4. The average molecular weight is 383 g/mol. The summed E-state index contributed by atoms with van der Waals surface area (Å²) in [7, 11) is 0. The predicted molar refractivity (Wildman–Crippen MR) is 106 cm³/mol. The molecule has 148 valence electrons. The average Bonchev–Trinajstić information content (AvgIpc) is 3.13. The summed E-state index contributed by atoms with van der Waals surface area (Å²) in [5, 5.41) is 23.6. The lowest BCUT2D eigenvalue weighted by Crippen LogP contribution is -2.26. The number of hydrogen-bond acceptors (Lipinski definition) is 5. The minimum absolute atomic E-state index is 0.391. The number of aliphatic hydroxyl groups is 1. The summed E-state index contributed by atoms with van der Waals surface area (Å²) in [5.41, 5.74) is 2.69. The lowest BCUT2D eigenvalue weighted by molar-refractivity contribution is -0.145. The summed E-state index contributed by atoms with van der Waals surface area (Å²) >= 11 is 0. The Hall–Kier alpha value is -2.90. The van der Waals surface area contributed by atoms with Gasteiger partial charge in [-0.15, -0.1) is 0 Å². The molecule has 7 nitrogen and oxygen atoms in total. The summed E-state index contributed by atoms with van der Waals surface area (Å²) in [6.45, 7) is 2.92. The highest BCUT2D eigenvalue weighted by atomic mass is 16.5. The first kappa shape index (κ1) is 19.9. The van der Waals surface area contributed by atoms with E-state index in [1.165, 1.54) is 0 Å². The number of aliphatic carboxylic acids is 1. The molecule has 0 aliphatic carbocycles. The van der Waals surface area contributed by atoms with Crippen LogP contribution >= 0.6 is 0 Å². The third-order valence-corrected chi connectivity index (χ3v) is 4.66. The van der Waals surface area contributed by atoms with Crippen LogP contribution in [0.2, 0.25) is 0 Å². The van der Waals surface area contributed by atoms with Crippen LogP contribution in [-0.4, -0.2) is 45.3 Å². The number of pyridine rings is 1. The molecular weight excluding hydrogens is 358 g/mol. The van der Waals surface area contributed by atoms with E-state index in [9.17, 15) is 15.0 Å². The fourth-order valence-electron chi connectivity index (χ4n) is 3.10. The zero-order valence-electron chi connectivity index (χ0n) is 15.8. The second-order valence-corrected chi connectivity index (χ2v) is 6.60. The van der Waals surface area contributed by atoms with Crippen LogP contribution < -0.4 is 10.1 Å². The van der Waals surface area contributed by atoms with Crippen molar-refractivity contribution in [3.8, 4) is 5.75 Å². The van der Waals surface area contributed by atoms with Gasteiger partial charge in [0.25, 0.3) is 0 Å². The molecule has 0 spiro atoms. The number of aromatic amines is 1. The molecule has 0 radical (unpaired) electrons. The summed E-state index contributed by atoms with van der Waals surface area (Å²) < 4.78 is 5.67. The predicted octanol–water partition coefficient (Wildman–Crippen LogP) is 2.67. The van der Waals surface area contributed by atoms with E-state index < -0.39 is 18.2 Å². The van der Waals surface area contributed by atoms with E-state index in [2.05, 4.69) is 15.3 Å². The molecule has 0 unspecified atom stereocenters. The van der Waals surface area contributed by atoms with Gasteiger partial charge in [0.1, 0.15) is 5.75 Å². The molecule has 0 bridgehead atoms. The molecule has 2 atom stereocenters. The monoisotopic (exact) mass is 383 g/mol. The van der Waals surface area contributed by atoms with Gasteiger partial charge in [-0.25, -0.2) is 4.79 Å². The number of ether oxygens (including phenoxy) is 1. The molecule has 28 heavy (non-hydrogen) atoms. The Balaban J connectivity index is 1.60. The van der Waals surface area contributed by atoms with Crippen molar-refractivity contribution >= 4 is 16.9 Å². The van der Waals surface area contributed by atoms with E-state index in [1.807, 2.05) is 24.4 Å². The van der Waals surface area contributed by atoms with Crippen molar-refractivity contribution in [1.29, 1.82) is 0 Å². The molecule has 0 saturated heterocycles.